The number of carbonyl (C=O) groups excluding carboxylic acids is 2. The number of hydrogen-bond donors (Lipinski definition) is 2. The minimum absolute atomic E-state index is 0. The molecule has 0 saturated carbocycles. The van der Waals surface area contributed by atoms with Gasteiger partial charge in [0.05, 0.1) is 14.1 Å². The molecule has 172 valence electrons. The van der Waals surface area contributed by atoms with Gasteiger partial charge in [0.15, 0.2) is 0 Å². The number of carbonyl (C=O) groups is 1. The standard InChI is InChI=1S/C23H44N2O3.Na.H2O/c1-25(2,28)21-18-20-24-23(27)19-16-14-12-10-8-6-4-3-5-7-9-11-13-15-17-22-26;;/h3-4,28H,5-21H2,1-2H3,(H,24,27);;1H2/q;+1;/p-1/b4-3+;;. The van der Waals surface area contributed by atoms with Crippen molar-refractivity contribution in [2.45, 2.75) is 96.3 Å². The Morgan fingerprint density at radius 2 is 1.37 bits per heavy atom. The SMILES string of the molecule is C[N+](C)(O)CCCNC(=O)CCCCCCC/C=C/CCCCCCC[C-]=O.[Na+].[OH-]. The molecule has 0 aliphatic heterocycles. The topological polar surface area (TPSA) is 96.4 Å². The van der Waals surface area contributed by atoms with Crippen molar-refractivity contribution in [3.05, 3.63) is 12.2 Å². The normalized spacial score (nSPS) is 11.0. The third-order valence-corrected chi connectivity index (χ3v) is 4.80. The van der Waals surface area contributed by atoms with Crippen LogP contribution >= 0.6 is 0 Å². The molecule has 3 N–H and O–H groups in total. The number of nitrogens with zero attached hydrogens (tertiary/aromatic N) is 1. The van der Waals surface area contributed by atoms with Crippen LogP contribution in [0.3, 0.4) is 0 Å². The maximum absolute atomic E-state index is 11.7. The zero-order valence-electron chi connectivity index (χ0n) is 19.8. The number of hydroxylamine groups is 3. The molecule has 0 aromatic rings. The Balaban J connectivity index is -0.00000364. The van der Waals surface area contributed by atoms with Crippen LogP contribution in [0.4, 0.5) is 0 Å². The molecule has 30 heavy (non-hydrogen) atoms. The van der Waals surface area contributed by atoms with Crippen LogP contribution in [0.5, 0.6) is 0 Å². The summed E-state index contributed by atoms with van der Waals surface area (Å²) < 4.78 is -0.0481. The van der Waals surface area contributed by atoms with Crippen LogP contribution in [-0.4, -0.2) is 54.7 Å². The van der Waals surface area contributed by atoms with Gasteiger partial charge in [-0.25, -0.2) is 5.21 Å². The van der Waals surface area contributed by atoms with Gasteiger partial charge >= 0.3 is 29.6 Å². The molecule has 0 unspecified atom stereocenters. The first-order valence-electron chi connectivity index (χ1n) is 11.3. The molecule has 0 fully saturated rings. The van der Waals surface area contributed by atoms with Crippen molar-refractivity contribution >= 4 is 12.2 Å². The Bertz CT molecular complexity index is 412. The average Bonchev–Trinajstić information content (AvgIpc) is 2.64. The molecule has 0 aliphatic rings. The first kappa shape index (κ1) is 34.4. The number of nitrogens with one attached hydrogen (secondary N) is 1. The number of hydrogen-bond acceptors (Lipinski definition) is 4. The Hall–Kier alpha value is -0.240. The van der Waals surface area contributed by atoms with Crippen molar-refractivity contribution < 1.29 is 54.5 Å². The van der Waals surface area contributed by atoms with E-state index < -0.39 is 0 Å². The summed E-state index contributed by atoms with van der Waals surface area (Å²) in [6, 6.07) is 0. The predicted molar refractivity (Wildman–Crippen MR) is 118 cm³/mol. The third-order valence-electron chi connectivity index (χ3n) is 4.80. The molecule has 1 amide bonds. The van der Waals surface area contributed by atoms with E-state index in [1.165, 1.54) is 44.9 Å². The van der Waals surface area contributed by atoms with Gasteiger partial charge in [0.1, 0.15) is 6.54 Å². The second-order valence-corrected chi connectivity index (χ2v) is 8.28. The van der Waals surface area contributed by atoms with Crippen LogP contribution in [-0.2, 0) is 9.59 Å². The summed E-state index contributed by atoms with van der Waals surface area (Å²) in [5.41, 5.74) is 0. The first-order valence-corrected chi connectivity index (χ1v) is 11.3. The van der Waals surface area contributed by atoms with Gasteiger partial charge in [-0.15, -0.1) is 0 Å². The third kappa shape index (κ3) is 30.0. The Labute approximate surface area is 207 Å². The summed E-state index contributed by atoms with van der Waals surface area (Å²) in [6.07, 6.45) is 22.6. The van der Waals surface area contributed by atoms with Crippen molar-refractivity contribution in [3.63, 3.8) is 0 Å². The number of quaternary nitrogens is 1. The van der Waals surface area contributed by atoms with Crippen LogP contribution in [0, 0.1) is 0 Å². The molecular weight excluding hydrogens is 391 g/mol. The van der Waals surface area contributed by atoms with Crippen molar-refractivity contribution in [1.29, 1.82) is 0 Å². The molecule has 0 aliphatic carbocycles. The van der Waals surface area contributed by atoms with Crippen LogP contribution in [0.1, 0.15) is 96.3 Å². The van der Waals surface area contributed by atoms with Crippen molar-refractivity contribution in [2.75, 3.05) is 27.2 Å². The average molecular weight is 437 g/mol. The Morgan fingerprint density at radius 1 is 0.867 bits per heavy atom. The van der Waals surface area contributed by atoms with E-state index in [4.69, 9.17) is 0 Å². The fourth-order valence-electron chi connectivity index (χ4n) is 3.09. The summed E-state index contributed by atoms with van der Waals surface area (Å²) in [6.45, 7) is 1.29. The number of rotatable bonds is 20. The van der Waals surface area contributed by atoms with Gasteiger partial charge in [0.2, 0.25) is 5.91 Å². The quantitative estimate of drug-likeness (QED) is 0.0761. The van der Waals surface area contributed by atoms with Gasteiger partial charge in [-0.2, -0.15) is 11.1 Å². The molecule has 0 saturated heterocycles. The van der Waals surface area contributed by atoms with E-state index >= 15 is 0 Å². The maximum atomic E-state index is 11.7. The van der Waals surface area contributed by atoms with E-state index in [-0.39, 0.29) is 45.6 Å². The van der Waals surface area contributed by atoms with Crippen molar-refractivity contribution in [1.82, 2.24) is 5.32 Å². The fourth-order valence-corrected chi connectivity index (χ4v) is 3.09. The second kappa shape index (κ2) is 25.0. The first-order chi connectivity index (χ1) is 13.5. The van der Waals surface area contributed by atoms with Gasteiger partial charge in [-0.3, -0.25) is 11.1 Å². The second-order valence-electron chi connectivity index (χ2n) is 8.28. The van der Waals surface area contributed by atoms with Crippen LogP contribution < -0.4 is 34.9 Å². The van der Waals surface area contributed by atoms with Crippen LogP contribution in [0.15, 0.2) is 12.2 Å². The molecule has 0 bridgehead atoms. The maximum Gasteiger partial charge on any atom is 1.00 e. The molecule has 0 radical (unpaired) electrons. The minimum Gasteiger partial charge on any atom is -0.870 e. The largest absolute Gasteiger partial charge is 1.00 e. The van der Waals surface area contributed by atoms with Gasteiger partial charge in [-0.1, -0.05) is 57.1 Å². The summed E-state index contributed by atoms with van der Waals surface area (Å²) in [4.78, 5) is 21.8. The molecule has 0 spiro atoms. The van der Waals surface area contributed by atoms with Gasteiger partial charge < -0.3 is 15.6 Å². The zero-order valence-corrected chi connectivity index (χ0v) is 21.8. The summed E-state index contributed by atoms with van der Waals surface area (Å²) in [5, 5.41) is 12.5. The van der Waals surface area contributed by atoms with E-state index in [9.17, 15) is 14.8 Å². The fraction of sp³-hybridized carbons (Fsp3) is 0.826. The molecule has 0 rings (SSSR count). The summed E-state index contributed by atoms with van der Waals surface area (Å²) >= 11 is 0. The minimum atomic E-state index is -0.0481. The number of amides is 1. The molecule has 0 atom stereocenters. The zero-order chi connectivity index (χ0) is 20.9. The smallest absolute Gasteiger partial charge is 0.870 e. The molecular formula is C23H45N2NaO4. The molecule has 7 heteroatoms. The molecule has 6 nitrogen and oxygen atoms in total. The van der Waals surface area contributed by atoms with E-state index in [1.807, 2.05) is 6.29 Å². The summed E-state index contributed by atoms with van der Waals surface area (Å²) in [5.74, 6) is 0.133. The van der Waals surface area contributed by atoms with E-state index in [1.54, 1.807) is 14.1 Å². The van der Waals surface area contributed by atoms with Crippen LogP contribution in [0.25, 0.3) is 0 Å². The van der Waals surface area contributed by atoms with Gasteiger partial charge in [0.25, 0.3) is 0 Å². The van der Waals surface area contributed by atoms with Gasteiger partial charge in [-0.05, 0) is 32.1 Å². The van der Waals surface area contributed by atoms with E-state index in [2.05, 4.69) is 17.5 Å². The van der Waals surface area contributed by atoms with Crippen LogP contribution in [0.2, 0.25) is 0 Å². The predicted octanol–water partition coefficient (Wildman–Crippen LogP) is 1.91. The molecule has 0 aromatic carbocycles. The number of allylic oxidation sites excluding steroid dienone is 2. The van der Waals surface area contributed by atoms with Crippen molar-refractivity contribution in [3.8, 4) is 0 Å². The van der Waals surface area contributed by atoms with Gasteiger partial charge in [0, 0.05) is 19.4 Å². The molecule has 0 aromatic heterocycles. The molecule has 0 heterocycles. The Morgan fingerprint density at radius 3 is 1.90 bits per heavy atom. The monoisotopic (exact) mass is 436 g/mol. The van der Waals surface area contributed by atoms with E-state index in [0.717, 1.165) is 38.5 Å². The summed E-state index contributed by atoms with van der Waals surface area (Å²) in [7, 11) is 3.47. The Kier molecular flexibility index (Phi) is 28.7. The van der Waals surface area contributed by atoms with Crippen molar-refractivity contribution in [2.24, 2.45) is 0 Å². The number of unbranched alkanes of at least 4 members (excludes halogenated alkanes) is 11. The van der Waals surface area contributed by atoms with E-state index in [0.29, 0.717) is 25.9 Å².